The van der Waals surface area contributed by atoms with Crippen LogP contribution in [-0.4, -0.2) is 17.5 Å². The van der Waals surface area contributed by atoms with Gasteiger partial charge in [-0.15, -0.1) is 0 Å². The van der Waals surface area contributed by atoms with Crippen molar-refractivity contribution in [3.8, 4) is 0 Å². The third-order valence-electron chi connectivity index (χ3n) is 2.09. The van der Waals surface area contributed by atoms with Crippen molar-refractivity contribution in [3.63, 3.8) is 0 Å². The molecule has 1 unspecified atom stereocenters. The lowest BCUT2D eigenvalue weighted by atomic mass is 9.97. The van der Waals surface area contributed by atoms with Crippen LogP contribution in [0.2, 0.25) is 0 Å². The van der Waals surface area contributed by atoms with E-state index in [0.717, 1.165) is 12.1 Å². The van der Waals surface area contributed by atoms with Crippen molar-refractivity contribution >= 4 is 5.97 Å². The van der Waals surface area contributed by atoms with Crippen LogP contribution in [0, 0.1) is 0 Å². The fraction of sp³-hybridized carbons (Fsp3) is 0.300. The van der Waals surface area contributed by atoms with Crippen molar-refractivity contribution in [3.05, 3.63) is 35.4 Å². The number of rotatable bonds is 3. The van der Waals surface area contributed by atoms with E-state index in [4.69, 9.17) is 5.11 Å². The van der Waals surface area contributed by atoms with Gasteiger partial charge in [0.1, 0.15) is 5.92 Å². The molecule has 0 saturated carbocycles. The zero-order chi connectivity index (χ0) is 13.2. The number of carboxylic acids is 1. The zero-order valence-corrected chi connectivity index (χ0v) is 8.21. The SMILES string of the molecule is O=C(O)C(c1cccc(C(F)(F)F)c1)C(F)F. The number of carboxylic acid groups (broad SMARTS) is 1. The Morgan fingerprint density at radius 1 is 1.24 bits per heavy atom. The summed E-state index contributed by atoms with van der Waals surface area (Å²) in [6.45, 7) is 0. The molecule has 0 aliphatic heterocycles. The molecule has 1 aromatic rings. The van der Waals surface area contributed by atoms with Crippen molar-refractivity contribution in [1.82, 2.24) is 0 Å². The van der Waals surface area contributed by atoms with Crippen LogP contribution in [0.3, 0.4) is 0 Å². The Bertz CT molecular complexity index is 413. The summed E-state index contributed by atoms with van der Waals surface area (Å²) in [5.74, 6) is -4.11. The molecule has 0 spiro atoms. The summed E-state index contributed by atoms with van der Waals surface area (Å²) < 4.78 is 61.7. The van der Waals surface area contributed by atoms with Crippen LogP contribution in [0.1, 0.15) is 17.0 Å². The molecule has 0 aromatic heterocycles. The quantitative estimate of drug-likeness (QED) is 0.841. The average molecular weight is 254 g/mol. The highest BCUT2D eigenvalue weighted by atomic mass is 19.4. The third kappa shape index (κ3) is 3.15. The monoisotopic (exact) mass is 254 g/mol. The molecular formula is C10H7F5O2. The third-order valence-corrected chi connectivity index (χ3v) is 2.09. The standard InChI is InChI=1S/C10H7F5O2/c11-8(12)7(9(16)17)5-2-1-3-6(4-5)10(13,14)15/h1-4,7-8H,(H,16,17). The van der Waals surface area contributed by atoms with Crippen molar-refractivity contribution < 1.29 is 31.9 Å². The number of aliphatic carboxylic acids is 1. The van der Waals surface area contributed by atoms with Gasteiger partial charge in [0.2, 0.25) is 0 Å². The smallest absolute Gasteiger partial charge is 0.416 e. The lowest BCUT2D eigenvalue weighted by Crippen LogP contribution is -2.20. The summed E-state index contributed by atoms with van der Waals surface area (Å²) >= 11 is 0. The second-order valence-electron chi connectivity index (χ2n) is 3.27. The predicted molar refractivity (Wildman–Crippen MR) is 47.8 cm³/mol. The average Bonchev–Trinajstić information content (AvgIpc) is 2.15. The molecule has 0 radical (unpaired) electrons. The van der Waals surface area contributed by atoms with Crippen molar-refractivity contribution in [1.29, 1.82) is 0 Å². The molecule has 1 aromatic carbocycles. The maximum Gasteiger partial charge on any atom is 0.416 e. The fourth-order valence-electron chi connectivity index (χ4n) is 1.30. The summed E-state index contributed by atoms with van der Waals surface area (Å²) in [6.07, 6.45) is -7.96. The van der Waals surface area contributed by atoms with E-state index in [0.29, 0.717) is 12.1 Å². The fourth-order valence-corrected chi connectivity index (χ4v) is 1.30. The number of hydrogen-bond acceptors (Lipinski definition) is 1. The van der Waals surface area contributed by atoms with Crippen molar-refractivity contribution in [2.45, 2.75) is 18.5 Å². The number of halogens is 5. The van der Waals surface area contributed by atoms with Gasteiger partial charge in [-0.1, -0.05) is 18.2 Å². The highest BCUT2D eigenvalue weighted by Gasteiger charge is 2.34. The van der Waals surface area contributed by atoms with Crippen LogP contribution in [0.25, 0.3) is 0 Å². The molecule has 0 amide bonds. The molecule has 94 valence electrons. The van der Waals surface area contributed by atoms with Crippen LogP contribution in [0.15, 0.2) is 24.3 Å². The number of carbonyl (C=O) groups is 1. The molecule has 1 N–H and O–H groups in total. The van der Waals surface area contributed by atoms with E-state index >= 15 is 0 Å². The van der Waals surface area contributed by atoms with Gasteiger partial charge in [-0.05, 0) is 11.6 Å². The Labute approximate surface area is 92.7 Å². The first-order chi connectivity index (χ1) is 7.73. The van der Waals surface area contributed by atoms with Gasteiger partial charge in [-0.3, -0.25) is 4.79 Å². The van der Waals surface area contributed by atoms with Crippen LogP contribution in [-0.2, 0) is 11.0 Å². The first-order valence-corrected chi connectivity index (χ1v) is 4.41. The summed E-state index contributed by atoms with van der Waals surface area (Å²) in [7, 11) is 0. The summed E-state index contributed by atoms with van der Waals surface area (Å²) in [4.78, 5) is 10.5. The lowest BCUT2D eigenvalue weighted by molar-refractivity contribution is -0.143. The lowest BCUT2D eigenvalue weighted by Gasteiger charge is -2.14. The second kappa shape index (κ2) is 4.68. The number of benzene rings is 1. The normalized spacial score (nSPS) is 13.8. The van der Waals surface area contributed by atoms with E-state index in [1.54, 1.807) is 0 Å². The van der Waals surface area contributed by atoms with Gasteiger partial charge in [0.15, 0.2) is 0 Å². The first kappa shape index (κ1) is 13.4. The number of hydrogen-bond donors (Lipinski definition) is 1. The van der Waals surface area contributed by atoms with E-state index < -0.39 is 35.6 Å². The molecule has 0 heterocycles. The topological polar surface area (TPSA) is 37.3 Å². The Balaban J connectivity index is 3.18. The molecule has 17 heavy (non-hydrogen) atoms. The molecular weight excluding hydrogens is 247 g/mol. The van der Waals surface area contributed by atoms with Gasteiger partial charge < -0.3 is 5.11 Å². The molecule has 0 aliphatic carbocycles. The predicted octanol–water partition coefficient (Wildman–Crippen LogP) is 3.14. The molecule has 0 bridgehead atoms. The minimum atomic E-state index is -4.69. The molecule has 2 nitrogen and oxygen atoms in total. The Morgan fingerprint density at radius 2 is 1.82 bits per heavy atom. The maximum atomic E-state index is 12.4. The Hall–Kier alpha value is -1.66. The van der Waals surface area contributed by atoms with Crippen LogP contribution in [0.4, 0.5) is 22.0 Å². The molecule has 0 fully saturated rings. The van der Waals surface area contributed by atoms with Crippen molar-refractivity contribution in [2.75, 3.05) is 0 Å². The van der Waals surface area contributed by atoms with Crippen LogP contribution in [0.5, 0.6) is 0 Å². The van der Waals surface area contributed by atoms with Gasteiger partial charge in [0.25, 0.3) is 6.43 Å². The summed E-state index contributed by atoms with van der Waals surface area (Å²) in [5, 5.41) is 8.53. The van der Waals surface area contributed by atoms with Gasteiger partial charge in [-0.25, -0.2) is 8.78 Å². The molecule has 0 saturated heterocycles. The van der Waals surface area contributed by atoms with E-state index in [9.17, 15) is 26.7 Å². The molecule has 1 rings (SSSR count). The van der Waals surface area contributed by atoms with Crippen LogP contribution < -0.4 is 0 Å². The Kier molecular flexibility index (Phi) is 3.69. The van der Waals surface area contributed by atoms with Gasteiger partial charge in [-0.2, -0.15) is 13.2 Å². The molecule has 1 atom stereocenters. The van der Waals surface area contributed by atoms with E-state index in [2.05, 4.69) is 0 Å². The highest BCUT2D eigenvalue weighted by molar-refractivity contribution is 5.76. The van der Waals surface area contributed by atoms with Gasteiger partial charge in [0, 0.05) is 0 Å². The molecule has 0 aliphatic rings. The second-order valence-corrected chi connectivity index (χ2v) is 3.27. The minimum absolute atomic E-state index is 0.422. The van der Waals surface area contributed by atoms with E-state index in [1.807, 2.05) is 0 Å². The number of alkyl halides is 5. The van der Waals surface area contributed by atoms with Gasteiger partial charge >= 0.3 is 12.1 Å². The van der Waals surface area contributed by atoms with E-state index in [1.165, 1.54) is 0 Å². The highest BCUT2D eigenvalue weighted by Crippen LogP contribution is 2.32. The first-order valence-electron chi connectivity index (χ1n) is 4.41. The zero-order valence-electron chi connectivity index (χ0n) is 8.21. The van der Waals surface area contributed by atoms with Crippen LogP contribution >= 0.6 is 0 Å². The largest absolute Gasteiger partial charge is 0.481 e. The minimum Gasteiger partial charge on any atom is -0.481 e. The summed E-state index contributed by atoms with van der Waals surface area (Å²) in [6, 6.07) is 2.94. The van der Waals surface area contributed by atoms with E-state index in [-0.39, 0.29) is 0 Å². The molecule has 7 heteroatoms. The summed E-state index contributed by atoms with van der Waals surface area (Å²) in [5.41, 5.74) is -1.72. The van der Waals surface area contributed by atoms with Gasteiger partial charge in [0.05, 0.1) is 5.56 Å². The van der Waals surface area contributed by atoms with Crippen molar-refractivity contribution in [2.24, 2.45) is 0 Å². The maximum absolute atomic E-state index is 12.4. The Morgan fingerprint density at radius 3 is 2.24 bits per heavy atom.